The Bertz CT molecular complexity index is 458. The van der Waals surface area contributed by atoms with Gasteiger partial charge >= 0.3 is 0 Å². The van der Waals surface area contributed by atoms with Crippen molar-refractivity contribution < 1.29 is 4.79 Å². The molecule has 0 radical (unpaired) electrons. The lowest BCUT2D eigenvalue weighted by atomic mass is 9.80. The normalized spacial score (nSPS) is 26.2. The van der Waals surface area contributed by atoms with E-state index in [4.69, 9.17) is 0 Å². The van der Waals surface area contributed by atoms with Crippen LogP contribution in [0.5, 0.6) is 0 Å². The summed E-state index contributed by atoms with van der Waals surface area (Å²) in [7, 11) is 0. The summed E-state index contributed by atoms with van der Waals surface area (Å²) in [5.74, 6) is 1.53. The minimum atomic E-state index is 0.0464. The number of nitrogens with one attached hydrogen (secondary N) is 2. The third-order valence-electron chi connectivity index (χ3n) is 4.38. The highest BCUT2D eigenvalue weighted by molar-refractivity contribution is 5.92. The van der Waals surface area contributed by atoms with Crippen LogP contribution in [0.3, 0.4) is 0 Å². The second-order valence-corrected chi connectivity index (χ2v) is 6.25. The standard InChI is InChI=1S/C17H26N2O/c1-12-8-9-15(14(3)10-12)18-11-17(20)19-16-7-5-4-6-13(16)2/h4-7,12,14-15,18H,8-11H2,1-3H3,(H,19,20). The molecule has 1 aliphatic carbocycles. The van der Waals surface area contributed by atoms with Crippen molar-refractivity contribution in [2.45, 2.75) is 46.1 Å². The Labute approximate surface area is 122 Å². The van der Waals surface area contributed by atoms with Crippen molar-refractivity contribution in [2.24, 2.45) is 11.8 Å². The molecule has 2 rings (SSSR count). The van der Waals surface area contributed by atoms with Gasteiger partial charge in [-0.1, -0.05) is 32.0 Å². The summed E-state index contributed by atoms with van der Waals surface area (Å²) >= 11 is 0. The molecule has 110 valence electrons. The summed E-state index contributed by atoms with van der Waals surface area (Å²) in [5.41, 5.74) is 2.00. The third-order valence-corrected chi connectivity index (χ3v) is 4.38. The number of carbonyl (C=O) groups excluding carboxylic acids is 1. The first-order chi connectivity index (χ1) is 9.56. The zero-order valence-corrected chi connectivity index (χ0v) is 12.8. The number of carbonyl (C=O) groups is 1. The second-order valence-electron chi connectivity index (χ2n) is 6.25. The zero-order valence-electron chi connectivity index (χ0n) is 12.8. The van der Waals surface area contributed by atoms with Crippen LogP contribution in [-0.4, -0.2) is 18.5 Å². The molecule has 1 fully saturated rings. The van der Waals surface area contributed by atoms with Gasteiger partial charge in [0.25, 0.3) is 0 Å². The van der Waals surface area contributed by atoms with Crippen molar-refractivity contribution in [1.29, 1.82) is 0 Å². The molecule has 0 bridgehead atoms. The van der Waals surface area contributed by atoms with Crippen LogP contribution in [0.15, 0.2) is 24.3 Å². The van der Waals surface area contributed by atoms with E-state index in [9.17, 15) is 4.79 Å². The summed E-state index contributed by atoms with van der Waals surface area (Å²) in [6.07, 6.45) is 3.71. The van der Waals surface area contributed by atoms with E-state index in [1.165, 1.54) is 19.3 Å². The summed E-state index contributed by atoms with van der Waals surface area (Å²) in [4.78, 5) is 12.0. The van der Waals surface area contributed by atoms with E-state index in [0.29, 0.717) is 18.5 Å². The molecule has 0 aromatic heterocycles. The summed E-state index contributed by atoms with van der Waals surface area (Å²) in [6.45, 7) is 7.01. The van der Waals surface area contributed by atoms with E-state index in [1.54, 1.807) is 0 Å². The van der Waals surface area contributed by atoms with Crippen molar-refractivity contribution >= 4 is 11.6 Å². The van der Waals surface area contributed by atoms with Gasteiger partial charge in [0.05, 0.1) is 6.54 Å². The highest BCUT2D eigenvalue weighted by Crippen LogP contribution is 2.28. The van der Waals surface area contributed by atoms with E-state index in [1.807, 2.05) is 31.2 Å². The Hall–Kier alpha value is -1.35. The van der Waals surface area contributed by atoms with Crippen LogP contribution >= 0.6 is 0 Å². The molecule has 3 nitrogen and oxygen atoms in total. The fourth-order valence-electron chi connectivity index (χ4n) is 3.10. The highest BCUT2D eigenvalue weighted by Gasteiger charge is 2.25. The Morgan fingerprint density at radius 3 is 2.70 bits per heavy atom. The van der Waals surface area contributed by atoms with Gasteiger partial charge in [-0.2, -0.15) is 0 Å². The van der Waals surface area contributed by atoms with E-state index >= 15 is 0 Å². The Kier molecular flexibility index (Phi) is 5.18. The molecule has 3 unspecified atom stereocenters. The van der Waals surface area contributed by atoms with E-state index in [0.717, 1.165) is 17.2 Å². The minimum Gasteiger partial charge on any atom is -0.325 e. The van der Waals surface area contributed by atoms with Crippen LogP contribution in [-0.2, 0) is 4.79 Å². The van der Waals surface area contributed by atoms with Crippen molar-refractivity contribution in [3.05, 3.63) is 29.8 Å². The molecule has 0 spiro atoms. The van der Waals surface area contributed by atoms with Crippen LogP contribution < -0.4 is 10.6 Å². The number of amides is 1. The maximum atomic E-state index is 12.0. The van der Waals surface area contributed by atoms with Crippen molar-refractivity contribution in [2.75, 3.05) is 11.9 Å². The molecule has 3 heteroatoms. The molecular weight excluding hydrogens is 248 g/mol. The summed E-state index contributed by atoms with van der Waals surface area (Å²) in [5, 5.41) is 6.39. The van der Waals surface area contributed by atoms with Gasteiger partial charge in [0, 0.05) is 11.7 Å². The molecule has 1 amide bonds. The van der Waals surface area contributed by atoms with Gasteiger partial charge in [0.15, 0.2) is 0 Å². The first-order valence-corrected chi connectivity index (χ1v) is 7.65. The van der Waals surface area contributed by atoms with Gasteiger partial charge in [-0.15, -0.1) is 0 Å². The van der Waals surface area contributed by atoms with Gasteiger partial charge in [-0.05, 0) is 49.7 Å². The molecule has 1 aromatic rings. The quantitative estimate of drug-likeness (QED) is 0.884. The topological polar surface area (TPSA) is 41.1 Å². The van der Waals surface area contributed by atoms with Crippen LogP contribution in [0.1, 0.15) is 38.7 Å². The summed E-state index contributed by atoms with van der Waals surface area (Å²) < 4.78 is 0. The van der Waals surface area contributed by atoms with E-state index in [-0.39, 0.29) is 5.91 Å². The van der Waals surface area contributed by atoms with Gasteiger partial charge < -0.3 is 10.6 Å². The first-order valence-electron chi connectivity index (χ1n) is 7.65. The van der Waals surface area contributed by atoms with Crippen LogP contribution in [0, 0.1) is 18.8 Å². The van der Waals surface area contributed by atoms with Gasteiger partial charge in [-0.25, -0.2) is 0 Å². The molecule has 20 heavy (non-hydrogen) atoms. The van der Waals surface area contributed by atoms with Crippen LogP contribution in [0.25, 0.3) is 0 Å². The van der Waals surface area contributed by atoms with Crippen LogP contribution in [0.2, 0.25) is 0 Å². The number of rotatable bonds is 4. The van der Waals surface area contributed by atoms with Crippen molar-refractivity contribution in [1.82, 2.24) is 5.32 Å². The largest absolute Gasteiger partial charge is 0.325 e. The lowest BCUT2D eigenvalue weighted by Crippen LogP contribution is -2.42. The molecule has 1 aliphatic rings. The fourth-order valence-corrected chi connectivity index (χ4v) is 3.10. The predicted molar refractivity (Wildman–Crippen MR) is 83.8 cm³/mol. The Balaban J connectivity index is 1.79. The Morgan fingerprint density at radius 1 is 1.25 bits per heavy atom. The second kappa shape index (κ2) is 6.89. The lowest BCUT2D eigenvalue weighted by Gasteiger charge is -2.33. The van der Waals surface area contributed by atoms with Gasteiger partial charge in [-0.3, -0.25) is 4.79 Å². The molecule has 0 heterocycles. The van der Waals surface area contributed by atoms with E-state index in [2.05, 4.69) is 24.5 Å². The minimum absolute atomic E-state index is 0.0464. The smallest absolute Gasteiger partial charge is 0.238 e. The number of anilines is 1. The average molecular weight is 274 g/mol. The molecule has 0 saturated heterocycles. The number of benzene rings is 1. The Morgan fingerprint density at radius 2 is 2.00 bits per heavy atom. The van der Waals surface area contributed by atoms with Gasteiger partial charge in [0.1, 0.15) is 0 Å². The van der Waals surface area contributed by atoms with Gasteiger partial charge in [0.2, 0.25) is 5.91 Å². The SMILES string of the molecule is Cc1ccccc1NC(=O)CNC1CCC(C)CC1C. The average Bonchev–Trinajstić information content (AvgIpc) is 2.40. The number of hydrogen-bond donors (Lipinski definition) is 2. The molecule has 0 aliphatic heterocycles. The number of hydrogen-bond acceptors (Lipinski definition) is 2. The maximum absolute atomic E-state index is 12.0. The zero-order chi connectivity index (χ0) is 14.5. The molecule has 3 atom stereocenters. The molecular formula is C17H26N2O. The van der Waals surface area contributed by atoms with Crippen LogP contribution in [0.4, 0.5) is 5.69 Å². The lowest BCUT2D eigenvalue weighted by molar-refractivity contribution is -0.115. The highest BCUT2D eigenvalue weighted by atomic mass is 16.1. The molecule has 1 aromatic carbocycles. The fraction of sp³-hybridized carbons (Fsp3) is 0.588. The number of para-hydroxylation sites is 1. The number of aryl methyl sites for hydroxylation is 1. The summed E-state index contributed by atoms with van der Waals surface area (Å²) in [6, 6.07) is 8.36. The maximum Gasteiger partial charge on any atom is 0.238 e. The third kappa shape index (κ3) is 4.07. The first kappa shape index (κ1) is 15.0. The molecule has 2 N–H and O–H groups in total. The van der Waals surface area contributed by atoms with Crippen molar-refractivity contribution in [3.63, 3.8) is 0 Å². The molecule has 1 saturated carbocycles. The van der Waals surface area contributed by atoms with Crippen molar-refractivity contribution in [3.8, 4) is 0 Å². The predicted octanol–water partition coefficient (Wildman–Crippen LogP) is 3.35. The van der Waals surface area contributed by atoms with E-state index < -0.39 is 0 Å². The monoisotopic (exact) mass is 274 g/mol.